The summed E-state index contributed by atoms with van der Waals surface area (Å²) >= 11 is 0. The standard InChI is InChI=1S/C29H29N3O/c1-20(23-14-9-15-24(23)21-10-5-3-6-11-21)32(2)29(33)25-18-28(22-12-7-4-8-13-22)31-27-16-17-30-19-26(25)27/h3-8,10-13,16-20,23-24H,9,14-15H2,1-2H3. The molecule has 1 fully saturated rings. The molecule has 2 heterocycles. The van der Waals surface area contributed by atoms with Crippen molar-refractivity contribution >= 4 is 16.8 Å². The molecule has 4 aromatic rings. The monoisotopic (exact) mass is 435 g/mol. The number of fused-ring (bicyclic) bond motifs is 1. The Hall–Kier alpha value is -3.53. The van der Waals surface area contributed by atoms with Gasteiger partial charge in [-0.3, -0.25) is 9.78 Å². The van der Waals surface area contributed by atoms with Crippen molar-refractivity contribution in [1.29, 1.82) is 0 Å². The van der Waals surface area contributed by atoms with Crippen LogP contribution in [0.2, 0.25) is 0 Å². The molecule has 3 atom stereocenters. The lowest BCUT2D eigenvalue weighted by atomic mass is 9.84. The number of carbonyl (C=O) groups is 1. The van der Waals surface area contributed by atoms with E-state index in [4.69, 9.17) is 4.98 Å². The first-order valence-corrected chi connectivity index (χ1v) is 11.8. The van der Waals surface area contributed by atoms with Gasteiger partial charge in [0, 0.05) is 36.4 Å². The predicted octanol–water partition coefficient (Wildman–Crippen LogP) is 6.34. The van der Waals surface area contributed by atoms with Gasteiger partial charge in [0.25, 0.3) is 5.91 Å². The molecule has 0 N–H and O–H groups in total. The molecule has 4 nitrogen and oxygen atoms in total. The molecule has 0 bridgehead atoms. The smallest absolute Gasteiger partial charge is 0.254 e. The van der Waals surface area contributed by atoms with Gasteiger partial charge in [-0.05, 0) is 49.3 Å². The molecule has 5 rings (SSSR count). The van der Waals surface area contributed by atoms with Gasteiger partial charge in [-0.1, -0.05) is 67.1 Å². The number of aromatic nitrogens is 2. The van der Waals surface area contributed by atoms with E-state index in [1.807, 2.05) is 54.4 Å². The van der Waals surface area contributed by atoms with Crippen LogP contribution in [0.1, 0.15) is 48.0 Å². The van der Waals surface area contributed by atoms with Gasteiger partial charge in [0.1, 0.15) is 0 Å². The van der Waals surface area contributed by atoms with E-state index >= 15 is 0 Å². The molecule has 166 valence electrons. The van der Waals surface area contributed by atoms with E-state index in [9.17, 15) is 4.79 Å². The highest BCUT2D eigenvalue weighted by Crippen LogP contribution is 2.42. The van der Waals surface area contributed by atoms with E-state index in [0.29, 0.717) is 17.4 Å². The maximum Gasteiger partial charge on any atom is 0.254 e. The Kier molecular flexibility index (Phi) is 5.91. The minimum atomic E-state index is 0.0267. The van der Waals surface area contributed by atoms with Crippen LogP contribution >= 0.6 is 0 Å². The molecule has 1 aliphatic rings. The summed E-state index contributed by atoms with van der Waals surface area (Å²) < 4.78 is 0. The van der Waals surface area contributed by atoms with Crippen LogP contribution in [0.3, 0.4) is 0 Å². The summed E-state index contributed by atoms with van der Waals surface area (Å²) in [5.41, 5.74) is 4.65. The Morgan fingerprint density at radius 2 is 1.73 bits per heavy atom. The quantitative estimate of drug-likeness (QED) is 0.367. The Balaban J connectivity index is 1.49. The van der Waals surface area contributed by atoms with E-state index in [1.54, 1.807) is 12.4 Å². The lowest BCUT2D eigenvalue weighted by molar-refractivity contribution is 0.0687. The average Bonchev–Trinajstić information content (AvgIpc) is 3.38. The van der Waals surface area contributed by atoms with Crippen LogP contribution in [-0.2, 0) is 0 Å². The molecule has 0 radical (unpaired) electrons. The molecule has 2 aromatic carbocycles. The summed E-state index contributed by atoms with van der Waals surface area (Å²) in [6.45, 7) is 2.20. The van der Waals surface area contributed by atoms with Gasteiger partial charge in [-0.25, -0.2) is 4.98 Å². The van der Waals surface area contributed by atoms with Gasteiger partial charge in [0.05, 0.1) is 16.8 Å². The van der Waals surface area contributed by atoms with E-state index in [0.717, 1.165) is 28.6 Å². The molecular formula is C29H29N3O. The summed E-state index contributed by atoms with van der Waals surface area (Å²) in [6, 6.07) is 24.7. The van der Waals surface area contributed by atoms with E-state index in [2.05, 4.69) is 42.2 Å². The maximum atomic E-state index is 13.9. The number of hydrogen-bond donors (Lipinski definition) is 0. The fraction of sp³-hybridized carbons (Fsp3) is 0.276. The number of hydrogen-bond acceptors (Lipinski definition) is 3. The van der Waals surface area contributed by atoms with Crippen molar-refractivity contribution in [1.82, 2.24) is 14.9 Å². The van der Waals surface area contributed by atoms with Crippen molar-refractivity contribution in [3.05, 3.63) is 96.3 Å². The maximum absolute atomic E-state index is 13.9. The molecule has 0 aliphatic heterocycles. The second-order valence-electron chi connectivity index (χ2n) is 9.08. The summed E-state index contributed by atoms with van der Waals surface area (Å²) in [6.07, 6.45) is 7.02. The number of nitrogens with zero attached hydrogens (tertiary/aromatic N) is 3. The highest BCUT2D eigenvalue weighted by Gasteiger charge is 2.36. The van der Waals surface area contributed by atoms with Crippen LogP contribution in [0, 0.1) is 5.92 Å². The molecule has 4 heteroatoms. The fourth-order valence-electron chi connectivity index (χ4n) is 5.34. The van der Waals surface area contributed by atoms with Gasteiger partial charge in [-0.15, -0.1) is 0 Å². The van der Waals surface area contributed by atoms with Gasteiger partial charge in [0.2, 0.25) is 0 Å². The predicted molar refractivity (Wildman–Crippen MR) is 133 cm³/mol. The van der Waals surface area contributed by atoms with Gasteiger partial charge < -0.3 is 4.90 Å². The highest BCUT2D eigenvalue weighted by atomic mass is 16.2. The minimum Gasteiger partial charge on any atom is -0.339 e. The topological polar surface area (TPSA) is 46.1 Å². The molecule has 3 unspecified atom stereocenters. The van der Waals surface area contributed by atoms with Gasteiger partial charge in [-0.2, -0.15) is 0 Å². The van der Waals surface area contributed by atoms with Crippen LogP contribution < -0.4 is 0 Å². The Morgan fingerprint density at radius 1 is 1.00 bits per heavy atom. The normalized spacial score (nSPS) is 18.8. The Morgan fingerprint density at radius 3 is 2.48 bits per heavy atom. The summed E-state index contributed by atoms with van der Waals surface area (Å²) in [5.74, 6) is 0.965. The molecule has 1 saturated carbocycles. The van der Waals surface area contributed by atoms with Crippen molar-refractivity contribution in [2.45, 2.75) is 38.1 Å². The molecule has 0 spiro atoms. The summed E-state index contributed by atoms with van der Waals surface area (Å²) in [5, 5.41) is 0.798. The van der Waals surface area contributed by atoms with E-state index in [1.165, 1.54) is 18.4 Å². The van der Waals surface area contributed by atoms with Crippen molar-refractivity contribution in [3.8, 4) is 11.3 Å². The van der Waals surface area contributed by atoms with Crippen LogP contribution in [-0.4, -0.2) is 33.9 Å². The lowest BCUT2D eigenvalue weighted by Gasteiger charge is -2.34. The third kappa shape index (κ3) is 4.13. The van der Waals surface area contributed by atoms with Crippen molar-refractivity contribution < 1.29 is 4.79 Å². The molecule has 1 amide bonds. The third-order valence-corrected chi connectivity index (χ3v) is 7.26. The molecule has 2 aromatic heterocycles. The zero-order valence-electron chi connectivity index (χ0n) is 19.2. The largest absolute Gasteiger partial charge is 0.339 e. The third-order valence-electron chi connectivity index (χ3n) is 7.26. The van der Waals surface area contributed by atoms with Crippen LogP contribution in [0.15, 0.2) is 85.2 Å². The number of benzene rings is 2. The first kappa shape index (κ1) is 21.3. The highest BCUT2D eigenvalue weighted by molar-refractivity contribution is 6.07. The van der Waals surface area contributed by atoms with Crippen LogP contribution in [0.4, 0.5) is 0 Å². The SMILES string of the molecule is CC(C1CCCC1c1ccccc1)N(C)C(=O)c1cc(-c2ccccc2)nc2ccncc12. The number of carbonyl (C=O) groups excluding carboxylic acids is 1. The number of pyridine rings is 2. The lowest BCUT2D eigenvalue weighted by Crippen LogP contribution is -2.40. The van der Waals surface area contributed by atoms with E-state index < -0.39 is 0 Å². The van der Waals surface area contributed by atoms with Crippen LogP contribution in [0.25, 0.3) is 22.2 Å². The fourth-order valence-corrected chi connectivity index (χ4v) is 5.34. The Labute approximate surface area is 195 Å². The zero-order chi connectivity index (χ0) is 22.8. The molecule has 33 heavy (non-hydrogen) atoms. The van der Waals surface area contributed by atoms with E-state index in [-0.39, 0.29) is 11.9 Å². The number of amides is 1. The minimum absolute atomic E-state index is 0.0267. The van der Waals surface area contributed by atoms with Crippen LogP contribution in [0.5, 0.6) is 0 Å². The van der Waals surface area contributed by atoms with Crippen molar-refractivity contribution in [2.75, 3.05) is 7.05 Å². The molecule has 0 saturated heterocycles. The average molecular weight is 436 g/mol. The first-order chi connectivity index (χ1) is 16.1. The van der Waals surface area contributed by atoms with Gasteiger partial charge >= 0.3 is 0 Å². The van der Waals surface area contributed by atoms with Crippen molar-refractivity contribution in [2.24, 2.45) is 5.92 Å². The van der Waals surface area contributed by atoms with Gasteiger partial charge in [0.15, 0.2) is 0 Å². The molecule has 1 aliphatic carbocycles. The second-order valence-corrected chi connectivity index (χ2v) is 9.08. The molecular weight excluding hydrogens is 406 g/mol. The first-order valence-electron chi connectivity index (χ1n) is 11.8. The zero-order valence-corrected chi connectivity index (χ0v) is 19.2. The van der Waals surface area contributed by atoms with Crippen molar-refractivity contribution in [3.63, 3.8) is 0 Å². The second kappa shape index (κ2) is 9.14. The summed E-state index contributed by atoms with van der Waals surface area (Å²) in [7, 11) is 1.94. The number of rotatable bonds is 5. The summed E-state index contributed by atoms with van der Waals surface area (Å²) in [4.78, 5) is 24.9. The Bertz CT molecular complexity index is 1260.